The zero-order valence-electron chi connectivity index (χ0n) is 8.84. The van der Waals surface area contributed by atoms with E-state index in [-0.39, 0.29) is 5.75 Å². The number of alkyl halides is 3. The fourth-order valence-electron chi connectivity index (χ4n) is 1.26. The number of carbonyl (C=O) groups excluding carboxylic acids is 1. The van der Waals surface area contributed by atoms with E-state index < -0.39 is 35.4 Å². The standard InChI is InChI=1S/C10H10F3NO3/c1-17-5-2-6(8(15)4-14)9(16)7(3-5)10(11,12)13/h2-3,16H,4,14H2,1H3. The molecule has 1 aromatic rings. The summed E-state index contributed by atoms with van der Waals surface area (Å²) in [5.41, 5.74) is 3.21. The molecule has 94 valence electrons. The second-order valence-corrected chi connectivity index (χ2v) is 3.20. The van der Waals surface area contributed by atoms with E-state index in [4.69, 9.17) is 5.73 Å². The van der Waals surface area contributed by atoms with Crippen molar-refractivity contribution >= 4 is 5.78 Å². The predicted octanol–water partition coefficient (Wildman–Crippen LogP) is 1.56. The van der Waals surface area contributed by atoms with Crippen LogP contribution in [0.4, 0.5) is 13.2 Å². The van der Waals surface area contributed by atoms with Crippen molar-refractivity contribution in [1.82, 2.24) is 0 Å². The van der Waals surface area contributed by atoms with Crippen molar-refractivity contribution in [2.75, 3.05) is 13.7 Å². The van der Waals surface area contributed by atoms with Gasteiger partial charge in [-0.15, -0.1) is 0 Å². The van der Waals surface area contributed by atoms with Gasteiger partial charge in [0.15, 0.2) is 5.78 Å². The summed E-state index contributed by atoms with van der Waals surface area (Å²) in [7, 11) is 1.16. The number of hydrogen-bond donors (Lipinski definition) is 2. The second-order valence-electron chi connectivity index (χ2n) is 3.20. The normalized spacial score (nSPS) is 11.4. The number of carbonyl (C=O) groups is 1. The average molecular weight is 249 g/mol. The molecule has 0 aliphatic carbocycles. The third-order valence-electron chi connectivity index (χ3n) is 2.11. The summed E-state index contributed by atoms with van der Waals surface area (Å²) < 4.78 is 42.3. The summed E-state index contributed by atoms with van der Waals surface area (Å²) in [6.45, 7) is -0.502. The van der Waals surface area contributed by atoms with Gasteiger partial charge in [-0.05, 0) is 12.1 Å². The summed E-state index contributed by atoms with van der Waals surface area (Å²) in [5, 5.41) is 9.39. The second kappa shape index (κ2) is 4.62. The van der Waals surface area contributed by atoms with Crippen LogP contribution in [0.1, 0.15) is 15.9 Å². The van der Waals surface area contributed by atoms with Crippen LogP contribution in [0.25, 0.3) is 0 Å². The Balaban J connectivity index is 3.47. The minimum Gasteiger partial charge on any atom is -0.507 e. The topological polar surface area (TPSA) is 72.5 Å². The maximum absolute atomic E-state index is 12.6. The Morgan fingerprint density at radius 1 is 1.47 bits per heavy atom. The fourth-order valence-corrected chi connectivity index (χ4v) is 1.26. The van der Waals surface area contributed by atoms with Gasteiger partial charge in [0.05, 0.1) is 19.2 Å². The maximum Gasteiger partial charge on any atom is 0.420 e. The van der Waals surface area contributed by atoms with Crippen LogP contribution in [-0.2, 0) is 6.18 Å². The lowest BCUT2D eigenvalue weighted by molar-refractivity contribution is -0.138. The summed E-state index contributed by atoms with van der Waals surface area (Å²) in [6, 6.07) is 1.63. The molecule has 0 radical (unpaired) electrons. The number of Topliss-reactive ketones (excluding diaryl/α,β-unsaturated/α-hetero) is 1. The number of halogens is 3. The lowest BCUT2D eigenvalue weighted by atomic mass is 10.0. The van der Waals surface area contributed by atoms with Crippen molar-refractivity contribution in [3.63, 3.8) is 0 Å². The van der Waals surface area contributed by atoms with Crippen LogP contribution in [0.3, 0.4) is 0 Å². The lowest BCUT2D eigenvalue weighted by Crippen LogP contribution is -2.16. The van der Waals surface area contributed by atoms with E-state index in [2.05, 4.69) is 4.74 Å². The van der Waals surface area contributed by atoms with Crippen LogP contribution < -0.4 is 10.5 Å². The van der Waals surface area contributed by atoms with E-state index in [1.54, 1.807) is 0 Å². The van der Waals surface area contributed by atoms with E-state index in [0.717, 1.165) is 13.2 Å². The van der Waals surface area contributed by atoms with E-state index in [1.165, 1.54) is 0 Å². The van der Waals surface area contributed by atoms with Crippen LogP contribution in [0.2, 0.25) is 0 Å². The van der Waals surface area contributed by atoms with Gasteiger partial charge in [-0.2, -0.15) is 13.2 Å². The molecule has 1 aromatic carbocycles. The van der Waals surface area contributed by atoms with Gasteiger partial charge in [-0.25, -0.2) is 0 Å². The first-order valence-electron chi connectivity index (χ1n) is 4.52. The van der Waals surface area contributed by atoms with Crippen LogP contribution >= 0.6 is 0 Å². The molecule has 3 N–H and O–H groups in total. The minimum absolute atomic E-state index is 0.174. The van der Waals surface area contributed by atoms with Gasteiger partial charge in [-0.1, -0.05) is 0 Å². The molecule has 0 heterocycles. The van der Waals surface area contributed by atoms with E-state index in [0.29, 0.717) is 6.07 Å². The molecule has 0 fully saturated rings. The molecular formula is C10H10F3NO3. The smallest absolute Gasteiger partial charge is 0.420 e. The van der Waals surface area contributed by atoms with Gasteiger partial charge in [0.1, 0.15) is 17.1 Å². The minimum atomic E-state index is -4.78. The van der Waals surface area contributed by atoms with Gasteiger partial charge in [-0.3, -0.25) is 4.79 Å². The van der Waals surface area contributed by atoms with E-state index >= 15 is 0 Å². The molecule has 0 aliphatic heterocycles. The highest BCUT2D eigenvalue weighted by Crippen LogP contribution is 2.40. The Labute approximate surface area is 94.8 Å². The molecule has 0 bridgehead atoms. The molecule has 4 nitrogen and oxygen atoms in total. The molecule has 1 rings (SSSR count). The molecule has 0 saturated carbocycles. The summed E-state index contributed by atoms with van der Waals surface area (Å²) in [5.74, 6) is -2.10. The number of rotatable bonds is 3. The molecule has 0 amide bonds. The number of aromatic hydroxyl groups is 1. The van der Waals surface area contributed by atoms with E-state index in [9.17, 15) is 23.1 Å². The maximum atomic E-state index is 12.6. The molecule has 0 unspecified atom stereocenters. The molecule has 0 atom stereocenters. The lowest BCUT2D eigenvalue weighted by Gasteiger charge is -2.13. The number of phenolic OH excluding ortho intramolecular Hbond substituents is 1. The molecule has 17 heavy (non-hydrogen) atoms. The van der Waals surface area contributed by atoms with Crippen molar-refractivity contribution in [1.29, 1.82) is 0 Å². The zero-order chi connectivity index (χ0) is 13.2. The molecule has 0 spiro atoms. The number of hydrogen-bond acceptors (Lipinski definition) is 4. The monoisotopic (exact) mass is 249 g/mol. The highest BCUT2D eigenvalue weighted by atomic mass is 19.4. The number of phenols is 1. The molecular weight excluding hydrogens is 239 g/mol. The highest BCUT2D eigenvalue weighted by molar-refractivity contribution is 6.00. The molecule has 0 aliphatic rings. The van der Waals surface area contributed by atoms with Crippen LogP contribution in [-0.4, -0.2) is 24.5 Å². The number of benzene rings is 1. The van der Waals surface area contributed by atoms with Crippen molar-refractivity contribution < 1.29 is 27.8 Å². The van der Waals surface area contributed by atoms with Crippen molar-refractivity contribution in [2.24, 2.45) is 5.73 Å². The van der Waals surface area contributed by atoms with Crippen LogP contribution in [0.5, 0.6) is 11.5 Å². The van der Waals surface area contributed by atoms with Crippen molar-refractivity contribution in [3.05, 3.63) is 23.3 Å². The SMILES string of the molecule is COc1cc(C(=O)CN)c(O)c(C(F)(F)F)c1. The summed E-state index contributed by atoms with van der Waals surface area (Å²) in [4.78, 5) is 11.3. The third kappa shape index (κ3) is 2.68. The van der Waals surface area contributed by atoms with Crippen LogP contribution in [0.15, 0.2) is 12.1 Å². The van der Waals surface area contributed by atoms with Gasteiger partial charge in [0.2, 0.25) is 0 Å². The first-order valence-corrected chi connectivity index (χ1v) is 4.52. The molecule has 0 saturated heterocycles. The highest BCUT2D eigenvalue weighted by Gasteiger charge is 2.36. The average Bonchev–Trinajstić information content (AvgIpc) is 2.26. The van der Waals surface area contributed by atoms with Gasteiger partial charge >= 0.3 is 6.18 Å². The Hall–Kier alpha value is -1.76. The fraction of sp³-hybridized carbons (Fsp3) is 0.300. The zero-order valence-corrected chi connectivity index (χ0v) is 8.84. The third-order valence-corrected chi connectivity index (χ3v) is 2.11. The van der Waals surface area contributed by atoms with Gasteiger partial charge in [0.25, 0.3) is 0 Å². The number of nitrogens with two attached hydrogens (primary N) is 1. The number of methoxy groups -OCH3 is 1. The Morgan fingerprint density at radius 3 is 2.47 bits per heavy atom. The molecule has 7 heteroatoms. The van der Waals surface area contributed by atoms with Crippen LogP contribution in [0, 0.1) is 0 Å². The number of ketones is 1. The summed E-state index contributed by atoms with van der Waals surface area (Å²) in [6.07, 6.45) is -4.78. The van der Waals surface area contributed by atoms with E-state index in [1.807, 2.05) is 0 Å². The Morgan fingerprint density at radius 2 is 2.06 bits per heavy atom. The predicted molar refractivity (Wildman–Crippen MR) is 53.0 cm³/mol. The first-order chi connectivity index (χ1) is 7.81. The largest absolute Gasteiger partial charge is 0.507 e. The first kappa shape index (κ1) is 13.3. The van der Waals surface area contributed by atoms with Crippen molar-refractivity contribution in [2.45, 2.75) is 6.18 Å². The molecule has 0 aromatic heterocycles. The number of ether oxygens (including phenoxy) is 1. The Bertz CT molecular complexity index is 443. The Kier molecular flexibility index (Phi) is 3.62. The van der Waals surface area contributed by atoms with Gasteiger partial charge < -0.3 is 15.6 Å². The summed E-state index contributed by atoms with van der Waals surface area (Å²) >= 11 is 0. The van der Waals surface area contributed by atoms with Crippen molar-refractivity contribution in [3.8, 4) is 11.5 Å². The quantitative estimate of drug-likeness (QED) is 0.797. The van der Waals surface area contributed by atoms with Gasteiger partial charge in [0, 0.05) is 0 Å².